The van der Waals surface area contributed by atoms with Gasteiger partial charge in [0.05, 0.1) is 0 Å². The van der Waals surface area contributed by atoms with Crippen LogP contribution < -0.4 is 4.98 Å². The van der Waals surface area contributed by atoms with Crippen LogP contribution in [0.4, 0.5) is 0 Å². The summed E-state index contributed by atoms with van der Waals surface area (Å²) in [5, 5.41) is 0.0310. The van der Waals surface area contributed by atoms with Crippen molar-refractivity contribution in [3.63, 3.8) is 0 Å². The van der Waals surface area contributed by atoms with Crippen LogP contribution >= 0.6 is 0 Å². The number of rotatable bonds is 6. The molecule has 0 unspecified atom stereocenters. The second-order valence-corrected chi connectivity index (χ2v) is 8.63. The van der Waals surface area contributed by atoms with Crippen LogP contribution in [0.3, 0.4) is 0 Å². The van der Waals surface area contributed by atoms with E-state index in [1.165, 1.54) is 0 Å². The molecule has 0 aliphatic carbocycles. The summed E-state index contributed by atoms with van der Waals surface area (Å²) >= 11 is 0. The smallest absolute Gasteiger partial charge is 0.383 e. The highest BCUT2D eigenvalue weighted by atomic mass is 28.4. The van der Waals surface area contributed by atoms with Crippen molar-refractivity contribution < 1.29 is 8.85 Å². The van der Waals surface area contributed by atoms with Gasteiger partial charge in [0.25, 0.3) is 0 Å². The van der Waals surface area contributed by atoms with Crippen molar-refractivity contribution in [2.24, 2.45) is 0 Å². The van der Waals surface area contributed by atoms with Crippen molar-refractivity contribution in [3.05, 3.63) is 0 Å². The summed E-state index contributed by atoms with van der Waals surface area (Å²) in [7, 11) is -2.31. The molecular formula is C11H27NO2Si. The third-order valence-corrected chi connectivity index (χ3v) is 6.48. The molecule has 1 N–H and O–H groups in total. The SMILES string of the molecule is CCO[Si](NC(C)C)(OCC)C(C)(C)C. The van der Waals surface area contributed by atoms with Crippen molar-refractivity contribution in [2.75, 3.05) is 13.2 Å². The highest BCUT2D eigenvalue weighted by Gasteiger charge is 2.50. The van der Waals surface area contributed by atoms with Gasteiger partial charge in [-0.3, -0.25) is 4.98 Å². The Hall–Kier alpha value is 0.0969. The third kappa shape index (κ3) is 4.22. The zero-order chi connectivity index (χ0) is 12.1. The van der Waals surface area contributed by atoms with Crippen LogP contribution in [0.5, 0.6) is 0 Å². The number of nitrogens with one attached hydrogen (secondary N) is 1. The van der Waals surface area contributed by atoms with Crippen LogP contribution in [-0.2, 0) is 8.85 Å². The van der Waals surface area contributed by atoms with Crippen LogP contribution in [0.15, 0.2) is 0 Å². The standard InChI is InChI=1S/C11H27NO2Si/c1-8-13-15(14-9-2,11(5,6)7)12-10(3)4/h10,12H,8-9H2,1-7H3. The molecular weight excluding hydrogens is 206 g/mol. The lowest BCUT2D eigenvalue weighted by atomic mass is 10.3. The third-order valence-electron chi connectivity index (χ3n) is 2.16. The minimum Gasteiger partial charge on any atom is -0.383 e. The summed E-state index contributed by atoms with van der Waals surface area (Å²) in [4.78, 5) is 3.53. The van der Waals surface area contributed by atoms with Gasteiger partial charge in [0.1, 0.15) is 0 Å². The fraction of sp³-hybridized carbons (Fsp3) is 1.00. The maximum Gasteiger partial charge on any atom is 0.430 e. The molecule has 0 amide bonds. The van der Waals surface area contributed by atoms with E-state index in [9.17, 15) is 0 Å². The summed E-state index contributed by atoms with van der Waals surface area (Å²) in [5.74, 6) is 0. The fourth-order valence-electron chi connectivity index (χ4n) is 1.56. The average Bonchev–Trinajstić information content (AvgIpc) is 2.01. The molecule has 0 fully saturated rings. The Kier molecular flexibility index (Phi) is 6.03. The Balaban J connectivity index is 4.89. The molecule has 0 aliphatic rings. The highest BCUT2D eigenvalue weighted by molar-refractivity contribution is 6.68. The van der Waals surface area contributed by atoms with E-state index >= 15 is 0 Å². The van der Waals surface area contributed by atoms with Crippen LogP contribution in [0.2, 0.25) is 5.04 Å². The minimum absolute atomic E-state index is 0.0310. The molecule has 92 valence electrons. The Bertz CT molecular complexity index is 172. The minimum atomic E-state index is -2.31. The van der Waals surface area contributed by atoms with E-state index in [4.69, 9.17) is 8.85 Å². The Morgan fingerprint density at radius 2 is 1.47 bits per heavy atom. The van der Waals surface area contributed by atoms with Gasteiger partial charge >= 0.3 is 8.72 Å². The monoisotopic (exact) mass is 233 g/mol. The van der Waals surface area contributed by atoms with Crippen LogP contribution in [0.25, 0.3) is 0 Å². The zero-order valence-electron chi connectivity index (χ0n) is 11.3. The molecule has 15 heavy (non-hydrogen) atoms. The lowest BCUT2D eigenvalue weighted by molar-refractivity contribution is 0.145. The molecule has 0 aromatic rings. The molecule has 0 rings (SSSR count). The summed E-state index contributed by atoms with van der Waals surface area (Å²) in [6.45, 7) is 16.2. The Morgan fingerprint density at radius 3 is 1.67 bits per heavy atom. The van der Waals surface area contributed by atoms with Gasteiger partial charge in [-0.15, -0.1) is 0 Å². The van der Waals surface area contributed by atoms with Gasteiger partial charge in [0.2, 0.25) is 0 Å². The lowest BCUT2D eigenvalue weighted by Gasteiger charge is -2.41. The number of hydrogen-bond donors (Lipinski definition) is 1. The van der Waals surface area contributed by atoms with E-state index in [1.54, 1.807) is 0 Å². The van der Waals surface area contributed by atoms with Crippen molar-refractivity contribution in [1.29, 1.82) is 0 Å². The first-order chi connectivity index (χ1) is 6.79. The summed E-state index contributed by atoms with van der Waals surface area (Å²) in [6.07, 6.45) is 0. The van der Waals surface area contributed by atoms with Gasteiger partial charge in [-0.05, 0) is 19.9 Å². The Morgan fingerprint density at radius 1 is 1.07 bits per heavy atom. The van der Waals surface area contributed by atoms with E-state index in [0.717, 1.165) is 0 Å². The predicted molar refractivity (Wildman–Crippen MR) is 67.0 cm³/mol. The molecule has 0 aromatic heterocycles. The first-order valence-electron chi connectivity index (χ1n) is 5.84. The Labute approximate surface area is 95.9 Å². The second-order valence-electron chi connectivity index (χ2n) is 5.03. The molecule has 0 radical (unpaired) electrons. The van der Waals surface area contributed by atoms with Crippen molar-refractivity contribution >= 4 is 8.72 Å². The molecule has 0 bridgehead atoms. The van der Waals surface area contributed by atoms with E-state index in [-0.39, 0.29) is 5.04 Å². The topological polar surface area (TPSA) is 30.5 Å². The van der Waals surface area contributed by atoms with Gasteiger partial charge in [-0.1, -0.05) is 34.6 Å². The molecule has 0 atom stereocenters. The quantitative estimate of drug-likeness (QED) is 0.716. The number of hydrogen-bond acceptors (Lipinski definition) is 3. The first-order valence-corrected chi connectivity index (χ1v) is 7.66. The molecule has 0 saturated heterocycles. The lowest BCUT2D eigenvalue weighted by Crippen LogP contribution is -2.64. The maximum atomic E-state index is 5.95. The van der Waals surface area contributed by atoms with Crippen LogP contribution in [0.1, 0.15) is 48.5 Å². The van der Waals surface area contributed by atoms with E-state index in [0.29, 0.717) is 19.3 Å². The molecule has 0 spiro atoms. The largest absolute Gasteiger partial charge is 0.430 e. The van der Waals surface area contributed by atoms with E-state index < -0.39 is 8.72 Å². The molecule has 4 heteroatoms. The van der Waals surface area contributed by atoms with Crippen LogP contribution in [-0.4, -0.2) is 28.0 Å². The predicted octanol–water partition coefficient (Wildman–Crippen LogP) is 2.80. The molecule has 3 nitrogen and oxygen atoms in total. The van der Waals surface area contributed by atoms with Gasteiger partial charge in [-0.25, -0.2) is 0 Å². The second kappa shape index (κ2) is 5.99. The van der Waals surface area contributed by atoms with E-state index in [2.05, 4.69) is 39.6 Å². The summed E-state index contributed by atoms with van der Waals surface area (Å²) < 4.78 is 11.9. The summed E-state index contributed by atoms with van der Waals surface area (Å²) in [6, 6.07) is 0.383. The van der Waals surface area contributed by atoms with Crippen molar-refractivity contribution in [2.45, 2.75) is 59.5 Å². The van der Waals surface area contributed by atoms with Crippen molar-refractivity contribution in [3.8, 4) is 0 Å². The van der Waals surface area contributed by atoms with Crippen molar-refractivity contribution in [1.82, 2.24) is 4.98 Å². The molecule has 0 saturated carbocycles. The summed E-state index contributed by atoms with van der Waals surface area (Å²) in [5.41, 5.74) is 0. The van der Waals surface area contributed by atoms with Gasteiger partial charge in [0.15, 0.2) is 0 Å². The fourth-order valence-corrected chi connectivity index (χ4v) is 4.68. The molecule has 0 aliphatic heterocycles. The van der Waals surface area contributed by atoms with Gasteiger partial charge in [0, 0.05) is 18.3 Å². The average molecular weight is 233 g/mol. The first kappa shape index (κ1) is 15.1. The highest BCUT2D eigenvalue weighted by Crippen LogP contribution is 2.36. The van der Waals surface area contributed by atoms with E-state index in [1.807, 2.05) is 13.8 Å². The zero-order valence-corrected chi connectivity index (χ0v) is 12.3. The van der Waals surface area contributed by atoms with Gasteiger partial charge < -0.3 is 8.85 Å². The maximum absolute atomic E-state index is 5.95. The normalized spacial score (nSPS) is 13.6. The molecule has 0 heterocycles. The van der Waals surface area contributed by atoms with Gasteiger partial charge in [-0.2, -0.15) is 0 Å². The molecule has 0 aromatic carbocycles. The van der Waals surface area contributed by atoms with Crippen LogP contribution in [0, 0.1) is 0 Å².